The van der Waals surface area contributed by atoms with Gasteiger partial charge >= 0.3 is 7.82 Å². The van der Waals surface area contributed by atoms with Gasteiger partial charge in [0.15, 0.2) is 0 Å². The lowest BCUT2D eigenvalue weighted by molar-refractivity contribution is 0.127. The van der Waals surface area contributed by atoms with E-state index in [1.807, 2.05) is 5.48 Å². The van der Waals surface area contributed by atoms with E-state index in [0.717, 1.165) is 0 Å². The van der Waals surface area contributed by atoms with Crippen molar-refractivity contribution in [1.82, 2.24) is 5.48 Å². The Kier molecular flexibility index (Phi) is 3.96. The molecule has 0 saturated heterocycles. The largest absolute Gasteiger partial charge is 0.486 e. The van der Waals surface area contributed by atoms with Crippen LogP contribution in [0.15, 0.2) is 0 Å². The van der Waals surface area contributed by atoms with Crippen molar-refractivity contribution < 1.29 is 19.0 Å². The number of hydrogen-bond acceptors (Lipinski definition) is 4. The fraction of sp³-hybridized carbons (Fsp3) is 1.00. The van der Waals surface area contributed by atoms with Crippen LogP contribution in [0.2, 0.25) is 0 Å². The Morgan fingerprint density at radius 3 is 2.56 bits per heavy atom. The van der Waals surface area contributed by atoms with Crippen LogP contribution in [0.4, 0.5) is 0 Å². The van der Waals surface area contributed by atoms with Crippen molar-refractivity contribution in [2.75, 3.05) is 13.1 Å². The van der Waals surface area contributed by atoms with E-state index >= 15 is 0 Å². The molecular formula is C2H9N2O4P. The van der Waals surface area contributed by atoms with Gasteiger partial charge in [0.1, 0.15) is 0 Å². The van der Waals surface area contributed by atoms with Crippen molar-refractivity contribution in [3.8, 4) is 0 Å². The molecule has 0 aromatic heterocycles. The van der Waals surface area contributed by atoms with Gasteiger partial charge in [-0.15, -0.1) is 0 Å². The topological polar surface area (TPSA) is 105 Å². The van der Waals surface area contributed by atoms with Gasteiger partial charge < -0.3 is 15.5 Å². The number of phosphoric acid groups is 1. The molecule has 0 aliphatic rings. The summed E-state index contributed by atoms with van der Waals surface area (Å²) >= 11 is 0. The molecule has 0 aromatic rings. The van der Waals surface area contributed by atoms with Crippen molar-refractivity contribution >= 4 is 7.82 Å². The molecule has 7 heteroatoms. The Hall–Kier alpha value is 0.0300. The maximum atomic E-state index is 9.87. The zero-order chi connectivity index (χ0) is 7.33. The van der Waals surface area contributed by atoms with E-state index in [1.165, 1.54) is 0 Å². The third-order valence-electron chi connectivity index (χ3n) is 0.430. The zero-order valence-electron chi connectivity index (χ0n) is 4.65. The second kappa shape index (κ2) is 3.94. The first-order valence-electron chi connectivity index (χ1n) is 2.23. The number of hydrogen-bond donors (Lipinski definition) is 4. The van der Waals surface area contributed by atoms with Crippen molar-refractivity contribution in [3.05, 3.63) is 0 Å². The lowest BCUT2D eigenvalue weighted by atomic mass is 10.7. The second-order valence-corrected chi connectivity index (χ2v) is 2.43. The van der Waals surface area contributed by atoms with Crippen molar-refractivity contribution in [3.63, 3.8) is 0 Å². The van der Waals surface area contributed by atoms with Crippen LogP contribution in [0.5, 0.6) is 0 Å². The SMILES string of the molecule is NCCNOP(=O)(O)O. The number of nitrogens with two attached hydrogens (primary N) is 1. The Labute approximate surface area is 52.2 Å². The van der Waals surface area contributed by atoms with Gasteiger partial charge in [-0.05, 0) is 0 Å². The molecule has 56 valence electrons. The van der Waals surface area contributed by atoms with E-state index in [9.17, 15) is 4.57 Å². The Balaban J connectivity index is 3.18. The monoisotopic (exact) mass is 156 g/mol. The van der Waals surface area contributed by atoms with Crippen LogP contribution in [0, 0.1) is 0 Å². The van der Waals surface area contributed by atoms with Gasteiger partial charge in [-0.1, -0.05) is 0 Å². The smallest absolute Gasteiger partial charge is 0.329 e. The van der Waals surface area contributed by atoms with Crippen LogP contribution in [0.3, 0.4) is 0 Å². The molecule has 0 heterocycles. The van der Waals surface area contributed by atoms with Crippen LogP contribution in [0.1, 0.15) is 0 Å². The minimum atomic E-state index is -4.36. The molecule has 0 saturated carbocycles. The van der Waals surface area contributed by atoms with Crippen molar-refractivity contribution in [1.29, 1.82) is 0 Å². The summed E-state index contributed by atoms with van der Waals surface area (Å²) in [5.41, 5.74) is 6.95. The molecule has 0 spiro atoms. The summed E-state index contributed by atoms with van der Waals surface area (Å²) in [4.78, 5) is 16.1. The van der Waals surface area contributed by atoms with E-state index in [0.29, 0.717) is 0 Å². The van der Waals surface area contributed by atoms with Crippen LogP contribution >= 0.6 is 7.82 Å². The Morgan fingerprint density at radius 1 is 1.67 bits per heavy atom. The van der Waals surface area contributed by atoms with E-state index in [1.54, 1.807) is 0 Å². The van der Waals surface area contributed by atoms with Gasteiger partial charge in [-0.3, -0.25) is 0 Å². The fourth-order valence-electron chi connectivity index (χ4n) is 0.189. The minimum Gasteiger partial charge on any atom is -0.329 e. The summed E-state index contributed by atoms with van der Waals surface area (Å²) in [5.74, 6) is 0. The average molecular weight is 156 g/mol. The molecule has 0 bridgehead atoms. The molecule has 0 radical (unpaired) electrons. The molecule has 9 heavy (non-hydrogen) atoms. The zero-order valence-corrected chi connectivity index (χ0v) is 5.54. The highest BCUT2D eigenvalue weighted by Crippen LogP contribution is 2.33. The van der Waals surface area contributed by atoms with Crippen LogP contribution in [-0.4, -0.2) is 22.9 Å². The summed E-state index contributed by atoms with van der Waals surface area (Å²) in [6.07, 6.45) is 0. The highest BCUT2D eigenvalue weighted by Gasteiger charge is 2.12. The standard InChI is InChI=1S/C2H9N2O4P/c3-1-2-4-8-9(5,6)7/h4H,1-3H2,(H2,5,6,7). The first kappa shape index (κ1) is 9.03. The van der Waals surface area contributed by atoms with Gasteiger partial charge in [0.25, 0.3) is 0 Å². The first-order chi connectivity index (χ1) is 4.06. The second-order valence-electron chi connectivity index (χ2n) is 1.26. The van der Waals surface area contributed by atoms with Crippen LogP contribution in [0.25, 0.3) is 0 Å². The first-order valence-corrected chi connectivity index (χ1v) is 3.76. The number of nitrogens with one attached hydrogen (secondary N) is 1. The molecule has 0 rings (SSSR count). The average Bonchev–Trinajstić information content (AvgIpc) is 1.63. The molecule has 0 aliphatic carbocycles. The maximum absolute atomic E-state index is 9.87. The lowest BCUT2D eigenvalue weighted by Gasteiger charge is -2.03. The molecule has 0 atom stereocenters. The molecule has 0 amide bonds. The molecule has 0 aromatic carbocycles. The summed E-state index contributed by atoms with van der Waals surface area (Å²) in [7, 11) is -4.36. The molecule has 0 aliphatic heterocycles. The third-order valence-corrected chi connectivity index (χ3v) is 0.797. The number of hydroxylamine groups is 1. The van der Waals surface area contributed by atoms with Gasteiger partial charge in [-0.25, -0.2) is 4.57 Å². The Morgan fingerprint density at radius 2 is 2.22 bits per heavy atom. The normalized spacial score (nSPS) is 11.9. The molecular weight excluding hydrogens is 147 g/mol. The predicted molar refractivity (Wildman–Crippen MR) is 30.2 cm³/mol. The van der Waals surface area contributed by atoms with E-state index < -0.39 is 7.82 Å². The fourth-order valence-corrected chi connectivity index (χ4v) is 0.448. The van der Waals surface area contributed by atoms with E-state index in [2.05, 4.69) is 4.62 Å². The molecule has 6 nitrogen and oxygen atoms in total. The number of rotatable bonds is 4. The van der Waals surface area contributed by atoms with Crippen molar-refractivity contribution in [2.45, 2.75) is 0 Å². The van der Waals surface area contributed by atoms with Crippen LogP contribution in [-0.2, 0) is 9.19 Å². The summed E-state index contributed by atoms with van der Waals surface area (Å²) < 4.78 is 13.7. The van der Waals surface area contributed by atoms with Gasteiger partial charge in [-0.2, -0.15) is 10.1 Å². The van der Waals surface area contributed by atoms with E-state index in [-0.39, 0.29) is 13.1 Å². The van der Waals surface area contributed by atoms with Gasteiger partial charge in [0, 0.05) is 13.1 Å². The van der Waals surface area contributed by atoms with Gasteiger partial charge in [0.2, 0.25) is 0 Å². The minimum absolute atomic E-state index is 0.213. The maximum Gasteiger partial charge on any atom is 0.486 e. The molecule has 0 fully saturated rings. The van der Waals surface area contributed by atoms with E-state index in [4.69, 9.17) is 15.5 Å². The summed E-state index contributed by atoms with van der Waals surface area (Å²) in [5, 5.41) is 0. The Bertz CT molecular complexity index is 111. The highest BCUT2D eigenvalue weighted by atomic mass is 31.2. The molecule has 5 N–H and O–H groups in total. The quantitative estimate of drug-likeness (QED) is 0.226. The summed E-state index contributed by atoms with van der Waals surface area (Å²) in [6, 6.07) is 0. The van der Waals surface area contributed by atoms with Crippen LogP contribution < -0.4 is 11.2 Å². The summed E-state index contributed by atoms with van der Waals surface area (Å²) in [6.45, 7) is 0.477. The third kappa shape index (κ3) is 8.03. The predicted octanol–water partition coefficient (Wildman–Crippen LogP) is -1.44. The van der Waals surface area contributed by atoms with Gasteiger partial charge in [0.05, 0.1) is 0 Å². The lowest BCUT2D eigenvalue weighted by Crippen LogP contribution is -2.21. The van der Waals surface area contributed by atoms with Crippen molar-refractivity contribution in [2.24, 2.45) is 5.73 Å². The highest BCUT2D eigenvalue weighted by molar-refractivity contribution is 7.46. The molecule has 0 unspecified atom stereocenters.